The van der Waals surface area contributed by atoms with Crippen molar-refractivity contribution >= 4 is 11.8 Å². The number of ether oxygens (including phenoxy) is 1. The zero-order chi connectivity index (χ0) is 9.30. The van der Waals surface area contributed by atoms with Crippen LogP contribution in [-0.4, -0.2) is 17.9 Å². The highest BCUT2D eigenvalue weighted by molar-refractivity contribution is 5.98. The molecule has 0 unspecified atom stereocenters. The molecule has 68 valence electrons. The van der Waals surface area contributed by atoms with Crippen LogP contribution in [-0.2, 0) is 14.3 Å². The summed E-state index contributed by atoms with van der Waals surface area (Å²) in [7, 11) is 0. The van der Waals surface area contributed by atoms with E-state index in [-0.39, 0.29) is 36.1 Å². The predicted octanol–water partition coefficient (Wildman–Crippen LogP) is 1.16. The summed E-state index contributed by atoms with van der Waals surface area (Å²) in [5.74, 6) is -0.294. The fourth-order valence-electron chi connectivity index (χ4n) is 1.50. The molecule has 3 heteroatoms. The molecular formula is C9H14O3. The van der Waals surface area contributed by atoms with Crippen LogP contribution in [0.4, 0.5) is 0 Å². The van der Waals surface area contributed by atoms with Gasteiger partial charge >= 0.3 is 5.97 Å². The molecule has 12 heavy (non-hydrogen) atoms. The number of cyclic esters (lactones) is 1. The number of esters is 1. The van der Waals surface area contributed by atoms with E-state index in [4.69, 9.17) is 4.74 Å². The molecule has 0 N–H and O–H groups in total. The van der Waals surface area contributed by atoms with Crippen molar-refractivity contribution in [2.24, 2.45) is 11.8 Å². The minimum absolute atomic E-state index is 0.00458. The minimum atomic E-state index is -0.378. The standard InChI is InChI=1S/C9H14O3/c1-5(2)9-6(3)7(10)4-8(11)12-9/h5-6,9H,4H2,1-3H3/t6-,9-/m0/s1. The van der Waals surface area contributed by atoms with Gasteiger partial charge in [-0.2, -0.15) is 0 Å². The SMILES string of the molecule is CC(C)[C@@H]1OC(=O)CC(=O)[C@@H]1C. The van der Waals surface area contributed by atoms with Crippen LogP contribution in [0.5, 0.6) is 0 Å². The first kappa shape index (κ1) is 9.23. The van der Waals surface area contributed by atoms with Gasteiger partial charge in [0.05, 0.1) is 5.92 Å². The molecule has 1 heterocycles. The van der Waals surface area contributed by atoms with Crippen LogP contribution < -0.4 is 0 Å². The number of ketones is 1. The molecule has 2 atom stereocenters. The highest BCUT2D eigenvalue weighted by Crippen LogP contribution is 2.23. The summed E-state index contributed by atoms with van der Waals surface area (Å²) in [6.45, 7) is 5.72. The maximum atomic E-state index is 11.2. The van der Waals surface area contributed by atoms with Crippen LogP contribution in [0.1, 0.15) is 27.2 Å². The van der Waals surface area contributed by atoms with E-state index in [1.807, 2.05) is 20.8 Å². The lowest BCUT2D eigenvalue weighted by Gasteiger charge is -2.30. The Bertz CT molecular complexity index is 208. The average molecular weight is 170 g/mol. The van der Waals surface area contributed by atoms with Crippen molar-refractivity contribution in [3.63, 3.8) is 0 Å². The van der Waals surface area contributed by atoms with Crippen molar-refractivity contribution in [3.8, 4) is 0 Å². The Hall–Kier alpha value is -0.860. The smallest absolute Gasteiger partial charge is 0.313 e. The lowest BCUT2D eigenvalue weighted by Crippen LogP contribution is -2.40. The molecule has 0 aromatic rings. The predicted molar refractivity (Wildman–Crippen MR) is 43.5 cm³/mol. The minimum Gasteiger partial charge on any atom is -0.461 e. The molecule has 0 amide bonds. The van der Waals surface area contributed by atoms with Gasteiger partial charge in [0.25, 0.3) is 0 Å². The number of hydrogen-bond donors (Lipinski definition) is 0. The summed E-state index contributed by atoms with van der Waals surface area (Å²) in [4.78, 5) is 22.1. The Labute approximate surface area is 72.1 Å². The number of carbonyl (C=O) groups is 2. The van der Waals surface area contributed by atoms with Crippen molar-refractivity contribution in [1.29, 1.82) is 0 Å². The first-order chi connectivity index (χ1) is 5.52. The van der Waals surface area contributed by atoms with Gasteiger partial charge in [0, 0.05) is 0 Å². The van der Waals surface area contributed by atoms with E-state index in [1.54, 1.807) is 0 Å². The molecule has 1 saturated heterocycles. The van der Waals surface area contributed by atoms with Crippen LogP contribution in [0, 0.1) is 11.8 Å². The van der Waals surface area contributed by atoms with E-state index in [0.717, 1.165) is 0 Å². The summed E-state index contributed by atoms with van der Waals surface area (Å²) >= 11 is 0. The second kappa shape index (κ2) is 3.25. The highest BCUT2D eigenvalue weighted by atomic mass is 16.5. The van der Waals surface area contributed by atoms with Gasteiger partial charge < -0.3 is 4.74 Å². The third-order valence-electron chi connectivity index (χ3n) is 2.24. The lowest BCUT2D eigenvalue weighted by atomic mass is 9.88. The zero-order valence-electron chi connectivity index (χ0n) is 7.66. The molecule has 0 saturated carbocycles. The van der Waals surface area contributed by atoms with Crippen molar-refractivity contribution in [2.45, 2.75) is 33.3 Å². The number of rotatable bonds is 1. The number of carbonyl (C=O) groups excluding carboxylic acids is 2. The first-order valence-corrected chi connectivity index (χ1v) is 4.24. The van der Waals surface area contributed by atoms with Crippen molar-refractivity contribution < 1.29 is 14.3 Å². The van der Waals surface area contributed by atoms with E-state index in [1.165, 1.54) is 0 Å². The van der Waals surface area contributed by atoms with Gasteiger partial charge in [-0.05, 0) is 5.92 Å². The fraction of sp³-hybridized carbons (Fsp3) is 0.778. The fourth-order valence-corrected chi connectivity index (χ4v) is 1.50. The summed E-state index contributed by atoms with van der Waals surface area (Å²) in [5, 5.41) is 0. The van der Waals surface area contributed by atoms with Gasteiger partial charge in [-0.25, -0.2) is 0 Å². The van der Waals surface area contributed by atoms with E-state index in [2.05, 4.69) is 0 Å². The van der Waals surface area contributed by atoms with Crippen LogP contribution in [0.15, 0.2) is 0 Å². The topological polar surface area (TPSA) is 43.4 Å². The summed E-state index contributed by atoms with van der Waals surface area (Å²) in [6, 6.07) is 0. The average Bonchev–Trinajstić information content (AvgIpc) is 1.96. The van der Waals surface area contributed by atoms with Crippen molar-refractivity contribution in [1.82, 2.24) is 0 Å². The molecule has 1 rings (SSSR count). The summed E-state index contributed by atoms with van der Waals surface area (Å²) < 4.78 is 5.07. The summed E-state index contributed by atoms with van der Waals surface area (Å²) in [5.41, 5.74) is 0. The molecule has 1 fully saturated rings. The summed E-state index contributed by atoms with van der Waals surface area (Å²) in [6.07, 6.45) is -0.275. The Morgan fingerprint density at radius 1 is 1.42 bits per heavy atom. The van der Waals surface area contributed by atoms with Gasteiger partial charge in [-0.3, -0.25) is 9.59 Å². The second-order valence-corrected chi connectivity index (χ2v) is 3.63. The molecule has 1 aliphatic rings. The van der Waals surface area contributed by atoms with Gasteiger partial charge in [-0.1, -0.05) is 20.8 Å². The molecule has 0 aliphatic carbocycles. The number of hydrogen-bond acceptors (Lipinski definition) is 3. The van der Waals surface area contributed by atoms with E-state index < -0.39 is 0 Å². The Morgan fingerprint density at radius 3 is 2.50 bits per heavy atom. The third kappa shape index (κ3) is 1.65. The molecule has 0 aromatic carbocycles. The molecule has 0 bridgehead atoms. The molecule has 1 aliphatic heterocycles. The maximum absolute atomic E-state index is 11.2. The molecule has 0 radical (unpaired) electrons. The van der Waals surface area contributed by atoms with E-state index in [0.29, 0.717) is 0 Å². The van der Waals surface area contributed by atoms with Crippen LogP contribution in [0.25, 0.3) is 0 Å². The Kier molecular flexibility index (Phi) is 2.50. The van der Waals surface area contributed by atoms with Gasteiger partial charge in [0.2, 0.25) is 0 Å². The second-order valence-electron chi connectivity index (χ2n) is 3.63. The monoisotopic (exact) mass is 170 g/mol. The molecule has 0 aromatic heterocycles. The van der Waals surface area contributed by atoms with E-state index >= 15 is 0 Å². The van der Waals surface area contributed by atoms with Gasteiger partial charge in [0.1, 0.15) is 12.5 Å². The van der Waals surface area contributed by atoms with Crippen molar-refractivity contribution in [2.75, 3.05) is 0 Å². The van der Waals surface area contributed by atoms with Crippen LogP contribution >= 0.6 is 0 Å². The van der Waals surface area contributed by atoms with E-state index in [9.17, 15) is 9.59 Å². The first-order valence-electron chi connectivity index (χ1n) is 4.24. The number of Topliss-reactive ketones (excluding diaryl/α,β-unsaturated/α-hetero) is 1. The molecule has 3 nitrogen and oxygen atoms in total. The maximum Gasteiger partial charge on any atom is 0.313 e. The Balaban J connectivity index is 2.73. The molecule has 0 spiro atoms. The quantitative estimate of drug-likeness (QED) is 0.438. The van der Waals surface area contributed by atoms with Crippen LogP contribution in [0.3, 0.4) is 0 Å². The zero-order valence-corrected chi connectivity index (χ0v) is 7.66. The Morgan fingerprint density at radius 2 is 2.00 bits per heavy atom. The van der Waals surface area contributed by atoms with Gasteiger partial charge in [-0.15, -0.1) is 0 Å². The molecular weight excluding hydrogens is 156 g/mol. The highest BCUT2D eigenvalue weighted by Gasteiger charge is 2.35. The third-order valence-corrected chi connectivity index (χ3v) is 2.24. The van der Waals surface area contributed by atoms with Crippen molar-refractivity contribution in [3.05, 3.63) is 0 Å². The largest absolute Gasteiger partial charge is 0.461 e. The van der Waals surface area contributed by atoms with Gasteiger partial charge in [0.15, 0.2) is 5.78 Å². The lowest BCUT2D eigenvalue weighted by molar-refractivity contribution is -0.165. The normalized spacial score (nSPS) is 30.7. The van der Waals surface area contributed by atoms with Crippen LogP contribution in [0.2, 0.25) is 0 Å².